The van der Waals surface area contributed by atoms with Crippen LogP contribution in [0.5, 0.6) is 0 Å². The molecule has 4 nitrogen and oxygen atoms in total. The van der Waals surface area contributed by atoms with Gasteiger partial charge in [-0.15, -0.1) is 0 Å². The van der Waals surface area contributed by atoms with E-state index in [-0.39, 0.29) is 0 Å². The van der Waals surface area contributed by atoms with E-state index in [1.807, 2.05) is 0 Å². The van der Waals surface area contributed by atoms with Crippen molar-refractivity contribution in [2.24, 2.45) is 5.92 Å². The van der Waals surface area contributed by atoms with Crippen molar-refractivity contribution in [2.75, 3.05) is 18.8 Å². The molecule has 2 aliphatic rings. The fraction of sp³-hybridized carbons (Fsp3) is 0.667. The van der Waals surface area contributed by atoms with Gasteiger partial charge in [0.25, 0.3) is 0 Å². The first-order valence-electron chi connectivity index (χ1n) is 7.42. The lowest BCUT2D eigenvalue weighted by Crippen LogP contribution is -2.53. The molecule has 2 unspecified atom stereocenters. The van der Waals surface area contributed by atoms with Gasteiger partial charge in [0.2, 0.25) is 0 Å². The molecule has 1 aliphatic carbocycles. The Labute approximate surface area is 124 Å². The summed E-state index contributed by atoms with van der Waals surface area (Å²) in [6.07, 6.45) is 5.35. The number of nitrogen functional groups attached to an aromatic ring is 1. The number of aliphatic hydroxyl groups is 1. The first kappa shape index (κ1) is 14.1. The van der Waals surface area contributed by atoms with E-state index in [1.165, 1.54) is 6.42 Å². The molecule has 0 radical (unpaired) electrons. The Hall–Kier alpha value is -0.840. The maximum Gasteiger partial charge on any atom is 0.123 e. The van der Waals surface area contributed by atoms with Gasteiger partial charge in [-0.05, 0) is 31.4 Å². The molecular formula is C15H22ClN3O. The Morgan fingerprint density at radius 2 is 2.25 bits per heavy atom. The first-order chi connectivity index (χ1) is 9.57. The molecule has 0 bridgehead atoms. The fourth-order valence-electron chi connectivity index (χ4n) is 3.61. The monoisotopic (exact) mass is 295 g/mol. The summed E-state index contributed by atoms with van der Waals surface area (Å²) < 4.78 is 0. The number of piperidine rings is 1. The van der Waals surface area contributed by atoms with Crippen LogP contribution in [0, 0.1) is 5.92 Å². The largest absolute Gasteiger partial charge is 0.390 e. The number of rotatable bonds is 2. The quantitative estimate of drug-likeness (QED) is 0.880. The van der Waals surface area contributed by atoms with Crippen LogP contribution in [-0.4, -0.2) is 33.7 Å². The van der Waals surface area contributed by atoms with Crippen molar-refractivity contribution in [3.05, 3.63) is 22.8 Å². The maximum atomic E-state index is 10.7. The number of fused-ring (bicyclic) bond motifs is 1. The van der Waals surface area contributed by atoms with Crippen LogP contribution in [0.3, 0.4) is 0 Å². The molecule has 2 heterocycles. The van der Waals surface area contributed by atoms with Gasteiger partial charge in [0.05, 0.1) is 16.3 Å². The van der Waals surface area contributed by atoms with Gasteiger partial charge in [-0.2, -0.15) is 0 Å². The minimum absolute atomic E-state index is 0.393. The van der Waals surface area contributed by atoms with E-state index in [0.717, 1.165) is 51.0 Å². The van der Waals surface area contributed by atoms with Gasteiger partial charge in [-0.25, -0.2) is 4.98 Å². The minimum atomic E-state index is -0.429. The second-order valence-electron chi connectivity index (χ2n) is 6.20. The lowest BCUT2D eigenvalue weighted by Gasteiger charge is -2.47. The highest BCUT2D eigenvalue weighted by molar-refractivity contribution is 6.31. The van der Waals surface area contributed by atoms with Gasteiger partial charge in [0.15, 0.2) is 0 Å². The van der Waals surface area contributed by atoms with Crippen LogP contribution in [0.25, 0.3) is 0 Å². The van der Waals surface area contributed by atoms with Crippen molar-refractivity contribution in [1.82, 2.24) is 9.88 Å². The van der Waals surface area contributed by atoms with E-state index in [2.05, 4.69) is 9.88 Å². The highest BCUT2D eigenvalue weighted by Crippen LogP contribution is 2.40. The molecule has 2 atom stereocenters. The zero-order chi connectivity index (χ0) is 14.2. The highest BCUT2D eigenvalue weighted by Gasteiger charge is 2.42. The molecule has 2 fully saturated rings. The summed E-state index contributed by atoms with van der Waals surface area (Å²) in [5.74, 6) is 0.903. The number of nitrogens with two attached hydrogens (primary N) is 1. The molecule has 1 aromatic heterocycles. The Bertz CT molecular complexity index is 496. The van der Waals surface area contributed by atoms with E-state index in [4.69, 9.17) is 17.3 Å². The van der Waals surface area contributed by atoms with Crippen LogP contribution >= 0.6 is 11.6 Å². The Morgan fingerprint density at radius 3 is 3.10 bits per heavy atom. The van der Waals surface area contributed by atoms with E-state index in [1.54, 1.807) is 12.1 Å². The van der Waals surface area contributed by atoms with Crippen molar-refractivity contribution in [2.45, 2.75) is 44.2 Å². The Kier molecular flexibility index (Phi) is 3.89. The normalized spacial score (nSPS) is 31.0. The molecule has 110 valence electrons. The molecule has 5 heteroatoms. The average molecular weight is 296 g/mol. The van der Waals surface area contributed by atoms with Crippen molar-refractivity contribution in [3.63, 3.8) is 0 Å². The van der Waals surface area contributed by atoms with Crippen LogP contribution in [0.15, 0.2) is 12.1 Å². The lowest BCUT2D eigenvalue weighted by molar-refractivity contribution is -0.0969. The van der Waals surface area contributed by atoms with Gasteiger partial charge in [0.1, 0.15) is 5.82 Å². The molecule has 0 aromatic carbocycles. The molecule has 1 aliphatic heterocycles. The number of likely N-dealkylation sites (tertiary alicyclic amines) is 1. The summed E-state index contributed by atoms with van der Waals surface area (Å²) in [5, 5.41) is 11.4. The first-order valence-corrected chi connectivity index (χ1v) is 7.80. The summed E-state index contributed by atoms with van der Waals surface area (Å²) in [7, 11) is 0. The third-order valence-corrected chi connectivity index (χ3v) is 5.17. The van der Waals surface area contributed by atoms with Gasteiger partial charge in [0, 0.05) is 25.6 Å². The number of hydrogen-bond acceptors (Lipinski definition) is 4. The Morgan fingerprint density at radius 1 is 1.40 bits per heavy atom. The number of pyridine rings is 1. The maximum absolute atomic E-state index is 10.7. The topological polar surface area (TPSA) is 62.4 Å². The summed E-state index contributed by atoms with van der Waals surface area (Å²) in [4.78, 5) is 6.68. The lowest BCUT2D eigenvalue weighted by atomic mass is 9.71. The van der Waals surface area contributed by atoms with Crippen molar-refractivity contribution < 1.29 is 5.11 Å². The van der Waals surface area contributed by atoms with Crippen LogP contribution < -0.4 is 5.73 Å². The Balaban J connectivity index is 1.69. The number of aromatic nitrogens is 1. The summed E-state index contributed by atoms with van der Waals surface area (Å²) >= 11 is 6.19. The van der Waals surface area contributed by atoms with E-state index >= 15 is 0 Å². The van der Waals surface area contributed by atoms with Gasteiger partial charge in [-0.3, -0.25) is 4.90 Å². The highest BCUT2D eigenvalue weighted by atomic mass is 35.5. The van der Waals surface area contributed by atoms with E-state index in [0.29, 0.717) is 16.8 Å². The number of nitrogens with zero attached hydrogens (tertiary/aromatic N) is 2. The second-order valence-corrected chi connectivity index (χ2v) is 6.60. The van der Waals surface area contributed by atoms with Crippen LogP contribution in [0.4, 0.5) is 5.82 Å². The molecule has 20 heavy (non-hydrogen) atoms. The van der Waals surface area contributed by atoms with Crippen molar-refractivity contribution in [1.29, 1.82) is 0 Å². The van der Waals surface area contributed by atoms with Crippen LogP contribution in [0.2, 0.25) is 5.02 Å². The summed E-state index contributed by atoms with van der Waals surface area (Å²) in [5.41, 5.74) is 6.14. The molecule has 1 saturated heterocycles. The molecule has 0 spiro atoms. The zero-order valence-corrected chi connectivity index (χ0v) is 12.4. The van der Waals surface area contributed by atoms with Crippen molar-refractivity contribution in [3.8, 4) is 0 Å². The SMILES string of the molecule is Nc1ccc(Cl)c(CN2CCC3(O)CCCCC3C2)n1. The number of hydrogen-bond donors (Lipinski definition) is 2. The van der Waals surface area contributed by atoms with Crippen LogP contribution in [0.1, 0.15) is 37.8 Å². The van der Waals surface area contributed by atoms with Gasteiger partial charge < -0.3 is 10.8 Å². The van der Waals surface area contributed by atoms with Gasteiger partial charge in [-0.1, -0.05) is 24.4 Å². The van der Waals surface area contributed by atoms with Crippen molar-refractivity contribution >= 4 is 17.4 Å². The van der Waals surface area contributed by atoms with Crippen LogP contribution in [-0.2, 0) is 6.54 Å². The van der Waals surface area contributed by atoms with Gasteiger partial charge >= 0.3 is 0 Å². The smallest absolute Gasteiger partial charge is 0.123 e. The predicted octanol–water partition coefficient (Wildman–Crippen LogP) is 2.44. The summed E-state index contributed by atoms with van der Waals surface area (Å²) in [6, 6.07) is 3.53. The molecule has 1 saturated carbocycles. The fourth-order valence-corrected chi connectivity index (χ4v) is 3.77. The minimum Gasteiger partial charge on any atom is -0.390 e. The third kappa shape index (κ3) is 2.78. The third-order valence-electron chi connectivity index (χ3n) is 4.83. The standard InChI is InChI=1S/C15H22ClN3O/c16-12-4-5-14(17)18-13(12)10-19-8-7-15(20)6-2-1-3-11(15)9-19/h4-5,11,20H,1-3,6-10H2,(H2,17,18). The molecule has 1 aromatic rings. The predicted molar refractivity (Wildman–Crippen MR) is 80.5 cm³/mol. The zero-order valence-electron chi connectivity index (χ0n) is 11.7. The molecule has 3 N–H and O–H groups in total. The summed E-state index contributed by atoms with van der Waals surface area (Å²) in [6.45, 7) is 2.56. The van der Waals surface area contributed by atoms with E-state index in [9.17, 15) is 5.11 Å². The molecular weight excluding hydrogens is 274 g/mol. The number of halogens is 1. The molecule has 0 amide bonds. The second kappa shape index (κ2) is 5.51. The van der Waals surface area contributed by atoms with E-state index < -0.39 is 5.60 Å². The molecule has 3 rings (SSSR count). The average Bonchev–Trinajstić information content (AvgIpc) is 2.43. The number of anilines is 1.